The number of piperazine rings is 2. The summed E-state index contributed by atoms with van der Waals surface area (Å²) in [7, 11) is 2.19. The molecular weight excluding hydrogens is 498 g/mol. The van der Waals surface area contributed by atoms with Crippen molar-refractivity contribution in [3.63, 3.8) is 0 Å². The van der Waals surface area contributed by atoms with E-state index in [0.717, 1.165) is 83.6 Å². The average Bonchev–Trinajstić information content (AvgIpc) is 2.98. The van der Waals surface area contributed by atoms with Gasteiger partial charge >= 0.3 is 0 Å². The van der Waals surface area contributed by atoms with Gasteiger partial charge in [0.25, 0.3) is 0 Å². The van der Waals surface area contributed by atoms with Gasteiger partial charge in [-0.2, -0.15) is 0 Å². The molecule has 0 aromatic heterocycles. The van der Waals surface area contributed by atoms with Crippen LogP contribution in [-0.2, 0) is 17.7 Å². The Morgan fingerprint density at radius 3 is 2.17 bits per heavy atom. The number of fused-ring (bicyclic) bond motifs is 1. The zero-order chi connectivity index (χ0) is 29.7. The molecule has 0 saturated carbocycles. The number of nitrogens with two attached hydrogens (primary N) is 1. The molecule has 0 aliphatic carbocycles. The molecule has 1 aromatic carbocycles. The molecule has 3 aliphatic rings. The highest BCUT2D eigenvalue weighted by Crippen LogP contribution is 2.27. The molecule has 8 heteroatoms. The smallest absolute Gasteiger partial charge is 0.181 e. The highest BCUT2D eigenvalue weighted by atomic mass is 16.5. The Kier molecular flexibility index (Phi) is 14.4. The molecule has 2 N–H and O–H groups in total. The van der Waals surface area contributed by atoms with E-state index in [1.54, 1.807) is 0 Å². The molecular formula is C32H57N7O. The van der Waals surface area contributed by atoms with E-state index in [2.05, 4.69) is 69.3 Å². The lowest BCUT2D eigenvalue weighted by atomic mass is 9.98. The Balaban J connectivity index is 0.00000134. The van der Waals surface area contributed by atoms with Gasteiger partial charge in [-0.3, -0.25) is 4.99 Å². The van der Waals surface area contributed by atoms with Gasteiger partial charge < -0.3 is 35.0 Å². The largest absolute Gasteiger partial charge is 0.480 e. The van der Waals surface area contributed by atoms with Gasteiger partial charge in [0.15, 0.2) is 5.88 Å². The summed E-state index contributed by atoms with van der Waals surface area (Å²) in [4.78, 5) is 16.8. The fraction of sp³-hybridized carbons (Fsp3) is 0.656. The molecule has 2 fully saturated rings. The Bertz CT molecular complexity index is 958. The van der Waals surface area contributed by atoms with Crippen molar-refractivity contribution in [2.75, 3.05) is 77.5 Å². The SMILES string of the molecule is C=C(OCC)N1CCN(c2ccc3c(c2)CN(C(/C=C(\C)N2CCN(C)CC2)=N/C(C)N)CC3)CC1.CC.CC. The highest BCUT2D eigenvalue weighted by molar-refractivity contribution is 5.93. The minimum absolute atomic E-state index is 0.230. The van der Waals surface area contributed by atoms with Crippen LogP contribution >= 0.6 is 0 Å². The first-order valence-corrected chi connectivity index (χ1v) is 15.5. The molecule has 4 rings (SSSR count). The number of ether oxygens (including phenoxy) is 1. The van der Waals surface area contributed by atoms with Crippen LogP contribution in [0, 0.1) is 0 Å². The molecule has 40 heavy (non-hydrogen) atoms. The van der Waals surface area contributed by atoms with Crippen LogP contribution < -0.4 is 10.6 Å². The Morgan fingerprint density at radius 1 is 0.950 bits per heavy atom. The normalized spacial score (nSPS) is 19.1. The maximum atomic E-state index is 6.15. The molecule has 0 spiro atoms. The van der Waals surface area contributed by atoms with Gasteiger partial charge in [0, 0.05) is 76.8 Å². The number of benzene rings is 1. The van der Waals surface area contributed by atoms with E-state index in [1.807, 2.05) is 41.5 Å². The van der Waals surface area contributed by atoms with Gasteiger partial charge in [-0.15, -0.1) is 0 Å². The summed E-state index contributed by atoms with van der Waals surface area (Å²) >= 11 is 0. The van der Waals surface area contributed by atoms with E-state index in [0.29, 0.717) is 6.61 Å². The standard InChI is InChI=1S/C28H45N7O.2C2H6/c1-6-36-24(4)33-15-17-34(18-16-33)27-8-7-25-9-10-35(21-26(25)20-27)28(30-23(3)29)19-22(2)32-13-11-31(5)12-14-32;2*1-2/h7-8,19-20,23H,4,6,9-18,21,29H2,1-3,5H3;2*1-2H3/b22-19+,30-28+;;. The van der Waals surface area contributed by atoms with E-state index in [-0.39, 0.29) is 6.17 Å². The first kappa shape index (κ1) is 33.5. The Hall–Kier alpha value is -2.71. The van der Waals surface area contributed by atoms with Crippen LogP contribution in [0.2, 0.25) is 0 Å². The van der Waals surface area contributed by atoms with Gasteiger partial charge in [0.05, 0.1) is 12.8 Å². The number of likely N-dealkylation sites (N-methyl/N-ethyl adjacent to an activating group) is 1. The highest BCUT2D eigenvalue weighted by Gasteiger charge is 2.23. The summed E-state index contributed by atoms with van der Waals surface area (Å²) in [5, 5.41) is 0. The molecule has 226 valence electrons. The quantitative estimate of drug-likeness (QED) is 0.300. The van der Waals surface area contributed by atoms with Crippen LogP contribution in [0.15, 0.2) is 47.4 Å². The van der Waals surface area contributed by atoms with Gasteiger partial charge in [-0.1, -0.05) is 33.8 Å². The van der Waals surface area contributed by atoms with Crippen LogP contribution in [0.4, 0.5) is 5.69 Å². The monoisotopic (exact) mass is 555 g/mol. The number of hydrogen-bond donors (Lipinski definition) is 1. The van der Waals surface area contributed by atoms with Gasteiger partial charge in [0.2, 0.25) is 0 Å². The minimum atomic E-state index is -0.230. The number of rotatable bonds is 7. The summed E-state index contributed by atoms with van der Waals surface area (Å²) in [6.07, 6.45) is 3.04. The molecule has 0 amide bonds. The third-order valence-electron chi connectivity index (χ3n) is 7.51. The summed E-state index contributed by atoms with van der Waals surface area (Å²) in [5.41, 5.74) is 11.6. The van der Waals surface area contributed by atoms with Gasteiger partial charge in [-0.25, -0.2) is 0 Å². The number of amidine groups is 1. The molecule has 1 unspecified atom stereocenters. The minimum Gasteiger partial charge on any atom is -0.480 e. The number of anilines is 1. The summed E-state index contributed by atoms with van der Waals surface area (Å²) in [6.45, 7) is 28.8. The third-order valence-corrected chi connectivity index (χ3v) is 7.51. The van der Waals surface area contributed by atoms with Crippen molar-refractivity contribution in [2.45, 2.75) is 67.6 Å². The molecule has 1 atom stereocenters. The van der Waals surface area contributed by atoms with Crippen LogP contribution in [0.5, 0.6) is 0 Å². The Labute approximate surface area is 245 Å². The summed E-state index contributed by atoms with van der Waals surface area (Å²) in [6, 6.07) is 6.99. The van der Waals surface area contributed by atoms with E-state index >= 15 is 0 Å². The van der Waals surface area contributed by atoms with Crippen molar-refractivity contribution in [2.24, 2.45) is 10.7 Å². The molecule has 0 radical (unpaired) electrons. The molecule has 3 heterocycles. The lowest BCUT2D eigenvalue weighted by molar-refractivity contribution is 0.118. The summed E-state index contributed by atoms with van der Waals surface area (Å²) < 4.78 is 5.61. The van der Waals surface area contributed by atoms with Crippen LogP contribution in [0.1, 0.15) is 59.6 Å². The van der Waals surface area contributed by atoms with E-state index in [4.69, 9.17) is 15.5 Å². The van der Waals surface area contributed by atoms with Gasteiger partial charge in [0.1, 0.15) is 5.84 Å². The number of nitrogens with zero attached hydrogens (tertiary/aromatic N) is 6. The number of hydrogen-bond acceptors (Lipinski definition) is 7. The van der Waals surface area contributed by atoms with Crippen molar-refractivity contribution in [3.05, 3.63) is 53.6 Å². The van der Waals surface area contributed by atoms with Crippen molar-refractivity contribution in [3.8, 4) is 0 Å². The second-order valence-electron chi connectivity index (χ2n) is 10.2. The lowest BCUT2D eigenvalue weighted by Crippen LogP contribution is -2.46. The zero-order valence-corrected chi connectivity index (χ0v) is 26.7. The second-order valence-corrected chi connectivity index (χ2v) is 10.2. The van der Waals surface area contributed by atoms with E-state index < -0.39 is 0 Å². The van der Waals surface area contributed by atoms with Crippen molar-refractivity contribution >= 4 is 11.5 Å². The fourth-order valence-electron chi connectivity index (χ4n) is 5.26. The molecule has 2 saturated heterocycles. The Morgan fingerprint density at radius 2 is 1.57 bits per heavy atom. The first-order valence-electron chi connectivity index (χ1n) is 15.5. The lowest BCUT2D eigenvalue weighted by Gasteiger charge is -2.38. The number of aliphatic imine (C=N–C) groups is 1. The number of allylic oxidation sites excluding steroid dienone is 1. The molecule has 0 bridgehead atoms. The van der Waals surface area contributed by atoms with E-state index in [9.17, 15) is 0 Å². The van der Waals surface area contributed by atoms with E-state index in [1.165, 1.54) is 22.5 Å². The van der Waals surface area contributed by atoms with Crippen LogP contribution in [0.25, 0.3) is 0 Å². The van der Waals surface area contributed by atoms with Crippen molar-refractivity contribution in [1.82, 2.24) is 19.6 Å². The molecule has 1 aromatic rings. The van der Waals surface area contributed by atoms with Crippen molar-refractivity contribution < 1.29 is 4.74 Å². The fourth-order valence-corrected chi connectivity index (χ4v) is 5.26. The first-order chi connectivity index (χ1) is 19.3. The van der Waals surface area contributed by atoms with Crippen molar-refractivity contribution in [1.29, 1.82) is 0 Å². The second kappa shape index (κ2) is 17.2. The van der Waals surface area contributed by atoms with Crippen LogP contribution in [0.3, 0.4) is 0 Å². The van der Waals surface area contributed by atoms with Crippen LogP contribution in [-0.4, -0.2) is 104 Å². The predicted octanol–water partition coefficient (Wildman–Crippen LogP) is 4.58. The maximum absolute atomic E-state index is 6.15. The summed E-state index contributed by atoms with van der Waals surface area (Å²) in [5.74, 6) is 1.79. The predicted molar refractivity (Wildman–Crippen MR) is 172 cm³/mol. The molecule has 3 aliphatic heterocycles. The molecule has 8 nitrogen and oxygen atoms in total. The van der Waals surface area contributed by atoms with Gasteiger partial charge in [-0.05, 0) is 70.2 Å². The maximum Gasteiger partial charge on any atom is 0.181 e. The third kappa shape index (κ3) is 9.44. The topological polar surface area (TPSA) is 63.8 Å². The average molecular weight is 556 g/mol. The zero-order valence-electron chi connectivity index (χ0n) is 26.7.